The lowest BCUT2D eigenvalue weighted by molar-refractivity contribution is 0.0918. The highest BCUT2D eigenvalue weighted by molar-refractivity contribution is 6.00. The molecule has 112 valence electrons. The average Bonchev–Trinajstić information content (AvgIpc) is 2.42. The number of carbonyl (C=O) groups is 1. The lowest BCUT2D eigenvalue weighted by atomic mass is 9.96. The van der Waals surface area contributed by atoms with Gasteiger partial charge in [0.05, 0.1) is 0 Å². The number of carbonyl (C=O) groups excluding carboxylic acids is 1. The van der Waals surface area contributed by atoms with Gasteiger partial charge in [-0.2, -0.15) is 0 Å². The maximum atomic E-state index is 12.5. The van der Waals surface area contributed by atoms with Gasteiger partial charge in [0.15, 0.2) is 0 Å². The second-order valence-corrected chi connectivity index (χ2v) is 6.39. The molecule has 0 radical (unpaired) electrons. The molecule has 1 amide bonds. The highest BCUT2D eigenvalue weighted by atomic mass is 16.2. The number of rotatable bonds is 4. The zero-order valence-electron chi connectivity index (χ0n) is 12.9. The number of amides is 1. The number of nitrogens with one attached hydrogen (secondary N) is 1. The lowest BCUT2D eigenvalue weighted by Crippen LogP contribution is -2.41. The van der Waals surface area contributed by atoms with Gasteiger partial charge in [-0.05, 0) is 56.0 Å². The maximum absolute atomic E-state index is 12.5. The first-order valence-corrected chi connectivity index (χ1v) is 7.36. The molecule has 2 aromatic rings. The van der Waals surface area contributed by atoms with Crippen LogP contribution in [-0.2, 0) is 6.42 Å². The van der Waals surface area contributed by atoms with Gasteiger partial charge in [0.2, 0.25) is 0 Å². The average molecular weight is 285 g/mol. The van der Waals surface area contributed by atoms with Gasteiger partial charge in [0.25, 0.3) is 5.91 Å². The predicted octanol–water partition coefficient (Wildman–Crippen LogP) is 3.29. The Labute approximate surface area is 126 Å². The minimum Gasteiger partial charge on any atom is -0.396 e. The number of fused-ring (bicyclic) bond motifs is 1. The summed E-state index contributed by atoms with van der Waals surface area (Å²) in [5.74, 6) is -0.0545. The number of aliphatic hydroxyl groups excluding tert-OH is 1. The summed E-state index contributed by atoms with van der Waals surface area (Å²) in [5.41, 5.74) is 1.43. The number of hydrogen-bond donors (Lipinski definition) is 2. The number of aryl methyl sites for hydroxylation is 1. The van der Waals surface area contributed by atoms with E-state index in [0.717, 1.165) is 16.3 Å². The predicted molar refractivity (Wildman–Crippen MR) is 86.6 cm³/mol. The molecule has 0 aliphatic heterocycles. The molecule has 3 nitrogen and oxygen atoms in total. The largest absolute Gasteiger partial charge is 0.396 e. The molecule has 3 heteroatoms. The molecule has 0 aliphatic rings. The molecule has 0 heterocycles. The van der Waals surface area contributed by atoms with E-state index < -0.39 is 0 Å². The molecule has 0 atom stereocenters. The van der Waals surface area contributed by atoms with E-state index in [1.54, 1.807) is 0 Å². The smallest absolute Gasteiger partial charge is 0.251 e. The third-order valence-corrected chi connectivity index (χ3v) is 3.31. The Morgan fingerprint density at radius 3 is 2.33 bits per heavy atom. The van der Waals surface area contributed by atoms with E-state index >= 15 is 0 Å². The van der Waals surface area contributed by atoms with Crippen molar-refractivity contribution in [2.45, 2.75) is 39.2 Å². The second kappa shape index (κ2) is 6.27. The minimum atomic E-state index is -0.267. The molecule has 0 aromatic heterocycles. The SMILES string of the molecule is CC(C)(C)NC(=O)c1cc2ccccc2cc1CCCO. The molecule has 0 saturated heterocycles. The zero-order valence-corrected chi connectivity index (χ0v) is 12.9. The van der Waals surface area contributed by atoms with E-state index in [0.29, 0.717) is 18.4 Å². The highest BCUT2D eigenvalue weighted by Crippen LogP contribution is 2.22. The summed E-state index contributed by atoms with van der Waals surface area (Å²) >= 11 is 0. The molecule has 0 unspecified atom stereocenters. The Bertz CT molecular complexity index is 641. The van der Waals surface area contributed by atoms with Crippen molar-refractivity contribution in [3.05, 3.63) is 47.5 Å². The third kappa shape index (κ3) is 4.05. The summed E-state index contributed by atoms with van der Waals surface area (Å²) in [5, 5.41) is 14.3. The first-order valence-electron chi connectivity index (χ1n) is 7.36. The van der Waals surface area contributed by atoms with E-state index in [2.05, 4.69) is 11.4 Å². The van der Waals surface area contributed by atoms with E-state index in [1.165, 1.54) is 0 Å². The Hall–Kier alpha value is -1.87. The summed E-state index contributed by atoms with van der Waals surface area (Å²) in [7, 11) is 0. The third-order valence-electron chi connectivity index (χ3n) is 3.31. The molecule has 0 bridgehead atoms. The summed E-state index contributed by atoms with van der Waals surface area (Å²) < 4.78 is 0. The van der Waals surface area contributed by atoms with Gasteiger partial charge in [-0.3, -0.25) is 4.79 Å². The monoisotopic (exact) mass is 285 g/mol. The van der Waals surface area contributed by atoms with Crippen LogP contribution in [0, 0.1) is 0 Å². The van der Waals surface area contributed by atoms with Crippen molar-refractivity contribution < 1.29 is 9.90 Å². The van der Waals surface area contributed by atoms with Crippen molar-refractivity contribution in [1.29, 1.82) is 0 Å². The van der Waals surface area contributed by atoms with Crippen LogP contribution in [0.4, 0.5) is 0 Å². The molecule has 2 rings (SSSR count). The molecule has 0 fully saturated rings. The quantitative estimate of drug-likeness (QED) is 0.905. The summed E-state index contributed by atoms with van der Waals surface area (Å²) in [6.07, 6.45) is 1.36. The Morgan fingerprint density at radius 2 is 1.76 bits per heavy atom. The van der Waals surface area contributed by atoms with Crippen LogP contribution in [0.25, 0.3) is 10.8 Å². The normalized spacial score (nSPS) is 11.6. The van der Waals surface area contributed by atoms with Crippen LogP contribution < -0.4 is 5.32 Å². The van der Waals surface area contributed by atoms with Crippen molar-refractivity contribution in [3.63, 3.8) is 0 Å². The van der Waals surface area contributed by atoms with Gasteiger partial charge in [-0.1, -0.05) is 30.3 Å². The minimum absolute atomic E-state index is 0.0545. The van der Waals surface area contributed by atoms with Crippen LogP contribution in [0.5, 0.6) is 0 Å². The van der Waals surface area contributed by atoms with Gasteiger partial charge >= 0.3 is 0 Å². The molecule has 2 aromatic carbocycles. The fourth-order valence-corrected chi connectivity index (χ4v) is 2.38. The molecular weight excluding hydrogens is 262 g/mol. The number of hydrogen-bond acceptors (Lipinski definition) is 2. The topological polar surface area (TPSA) is 49.3 Å². The molecule has 0 spiro atoms. The van der Waals surface area contributed by atoms with Crippen molar-refractivity contribution in [1.82, 2.24) is 5.32 Å². The number of benzene rings is 2. The lowest BCUT2D eigenvalue weighted by Gasteiger charge is -2.22. The Kier molecular flexibility index (Phi) is 4.63. The second-order valence-electron chi connectivity index (χ2n) is 6.39. The van der Waals surface area contributed by atoms with E-state index in [4.69, 9.17) is 5.11 Å². The van der Waals surface area contributed by atoms with Crippen molar-refractivity contribution >= 4 is 16.7 Å². The highest BCUT2D eigenvalue weighted by Gasteiger charge is 2.18. The van der Waals surface area contributed by atoms with E-state index in [9.17, 15) is 4.79 Å². The summed E-state index contributed by atoms with van der Waals surface area (Å²) in [4.78, 5) is 12.5. The van der Waals surface area contributed by atoms with Gasteiger partial charge < -0.3 is 10.4 Å². The van der Waals surface area contributed by atoms with E-state index in [1.807, 2.05) is 51.1 Å². The van der Waals surface area contributed by atoms with Crippen molar-refractivity contribution in [3.8, 4) is 0 Å². The van der Waals surface area contributed by atoms with Gasteiger partial charge in [0, 0.05) is 17.7 Å². The van der Waals surface area contributed by atoms with Crippen LogP contribution in [0.3, 0.4) is 0 Å². The maximum Gasteiger partial charge on any atom is 0.251 e. The first kappa shape index (κ1) is 15.5. The molecular formula is C18H23NO2. The molecule has 0 aliphatic carbocycles. The van der Waals surface area contributed by atoms with Crippen LogP contribution >= 0.6 is 0 Å². The van der Waals surface area contributed by atoms with Crippen LogP contribution in [0.1, 0.15) is 43.1 Å². The molecule has 21 heavy (non-hydrogen) atoms. The fraction of sp³-hybridized carbons (Fsp3) is 0.389. The summed E-state index contributed by atoms with van der Waals surface area (Å²) in [6.45, 7) is 6.05. The van der Waals surface area contributed by atoms with Gasteiger partial charge in [0.1, 0.15) is 0 Å². The molecule has 0 saturated carbocycles. The van der Waals surface area contributed by atoms with Gasteiger partial charge in [-0.15, -0.1) is 0 Å². The van der Waals surface area contributed by atoms with E-state index in [-0.39, 0.29) is 18.1 Å². The standard InChI is InChI=1S/C18H23NO2/c1-18(2,3)19-17(21)16-12-14-8-5-4-7-13(14)11-15(16)9-6-10-20/h4-5,7-8,11-12,20H,6,9-10H2,1-3H3,(H,19,21). The first-order chi connectivity index (χ1) is 9.90. The van der Waals surface area contributed by atoms with Crippen LogP contribution in [-0.4, -0.2) is 23.2 Å². The molecule has 2 N–H and O–H groups in total. The summed E-state index contributed by atoms with van der Waals surface area (Å²) in [6, 6.07) is 12.0. The van der Waals surface area contributed by atoms with Crippen LogP contribution in [0.2, 0.25) is 0 Å². The van der Waals surface area contributed by atoms with Crippen molar-refractivity contribution in [2.24, 2.45) is 0 Å². The number of aliphatic hydroxyl groups is 1. The van der Waals surface area contributed by atoms with Crippen molar-refractivity contribution in [2.75, 3.05) is 6.61 Å². The Balaban J connectivity index is 2.45. The Morgan fingerprint density at radius 1 is 1.14 bits per heavy atom. The van der Waals surface area contributed by atoms with Crippen LogP contribution in [0.15, 0.2) is 36.4 Å². The fourth-order valence-electron chi connectivity index (χ4n) is 2.38. The zero-order chi connectivity index (χ0) is 15.5. The van der Waals surface area contributed by atoms with Gasteiger partial charge in [-0.25, -0.2) is 0 Å².